The lowest BCUT2D eigenvalue weighted by atomic mass is 10.2. The largest absolute Gasteiger partial charge is 0.457 e. The fraction of sp³-hybridized carbons (Fsp3) is 0.125. The number of hydrogen-bond donors (Lipinski definition) is 2. The summed E-state index contributed by atoms with van der Waals surface area (Å²) in [5.41, 5.74) is 2.06. The minimum absolute atomic E-state index is 0.231. The van der Waals surface area contributed by atoms with Crippen LogP contribution in [0.5, 0.6) is 11.5 Å². The van der Waals surface area contributed by atoms with Gasteiger partial charge in [-0.05, 0) is 48.9 Å². The van der Waals surface area contributed by atoms with E-state index in [1.54, 1.807) is 42.9 Å². The minimum Gasteiger partial charge on any atom is -0.457 e. The normalized spacial score (nSPS) is 11.2. The van der Waals surface area contributed by atoms with Crippen molar-refractivity contribution in [1.29, 1.82) is 0 Å². The van der Waals surface area contributed by atoms with Crippen molar-refractivity contribution in [2.75, 3.05) is 10.6 Å². The van der Waals surface area contributed by atoms with E-state index >= 15 is 0 Å². The van der Waals surface area contributed by atoms with Gasteiger partial charge in [-0.1, -0.05) is 6.07 Å². The van der Waals surface area contributed by atoms with Crippen LogP contribution in [-0.4, -0.2) is 20.6 Å². The first kappa shape index (κ1) is 22.8. The van der Waals surface area contributed by atoms with Crippen molar-refractivity contribution in [2.45, 2.75) is 13.1 Å². The van der Waals surface area contributed by atoms with Crippen molar-refractivity contribution in [3.63, 3.8) is 0 Å². The van der Waals surface area contributed by atoms with Gasteiger partial charge in [0.25, 0.3) is 0 Å². The van der Waals surface area contributed by atoms with Gasteiger partial charge in [0.15, 0.2) is 0 Å². The number of ether oxygens (including phenoxy) is 1. The van der Waals surface area contributed by atoms with Gasteiger partial charge in [-0.15, -0.1) is 0 Å². The van der Waals surface area contributed by atoms with Crippen molar-refractivity contribution in [1.82, 2.24) is 14.5 Å². The summed E-state index contributed by atoms with van der Waals surface area (Å²) in [7, 11) is 1.87. The SMILES string of the molecule is Cc1ccc(Oc2ccnc(-c3cn(C)cn3)c2)cc1NC(=O)Nc1ccc(C(F)(F)F)cc1. The highest BCUT2D eigenvalue weighted by Crippen LogP contribution is 2.30. The summed E-state index contributed by atoms with van der Waals surface area (Å²) in [6.07, 6.45) is 0.698. The molecule has 0 spiro atoms. The van der Waals surface area contributed by atoms with E-state index in [0.717, 1.165) is 17.7 Å². The van der Waals surface area contributed by atoms with Gasteiger partial charge >= 0.3 is 12.2 Å². The number of urea groups is 1. The Morgan fingerprint density at radius 1 is 0.941 bits per heavy atom. The van der Waals surface area contributed by atoms with E-state index < -0.39 is 17.8 Å². The second-order valence-electron chi connectivity index (χ2n) is 7.53. The quantitative estimate of drug-likeness (QED) is 0.364. The fourth-order valence-corrected chi connectivity index (χ4v) is 3.12. The number of carbonyl (C=O) groups is 1. The molecule has 10 heteroatoms. The summed E-state index contributed by atoms with van der Waals surface area (Å²) in [4.78, 5) is 21.0. The van der Waals surface area contributed by atoms with Crippen LogP contribution in [-0.2, 0) is 13.2 Å². The lowest BCUT2D eigenvalue weighted by Crippen LogP contribution is -2.20. The van der Waals surface area contributed by atoms with Gasteiger partial charge in [-0.2, -0.15) is 13.2 Å². The third-order valence-electron chi connectivity index (χ3n) is 4.86. The van der Waals surface area contributed by atoms with Crippen LogP contribution in [0.25, 0.3) is 11.4 Å². The molecule has 0 saturated carbocycles. The molecule has 34 heavy (non-hydrogen) atoms. The third kappa shape index (κ3) is 5.52. The molecule has 0 fully saturated rings. The Hall–Kier alpha value is -4.34. The predicted molar refractivity (Wildman–Crippen MR) is 122 cm³/mol. The molecule has 0 radical (unpaired) electrons. The zero-order valence-corrected chi connectivity index (χ0v) is 18.2. The number of nitrogens with one attached hydrogen (secondary N) is 2. The minimum atomic E-state index is -4.44. The average molecular weight is 467 g/mol. The molecule has 2 N–H and O–H groups in total. The van der Waals surface area contributed by atoms with E-state index in [1.165, 1.54) is 12.1 Å². The number of hydrogen-bond acceptors (Lipinski definition) is 4. The van der Waals surface area contributed by atoms with Crippen molar-refractivity contribution in [3.05, 3.63) is 84.4 Å². The number of carbonyl (C=O) groups excluding carboxylic acids is 1. The molecule has 0 aliphatic heterocycles. The maximum absolute atomic E-state index is 12.7. The number of halogens is 3. The van der Waals surface area contributed by atoms with Crippen molar-refractivity contribution in [3.8, 4) is 22.9 Å². The third-order valence-corrected chi connectivity index (χ3v) is 4.86. The Bertz CT molecular complexity index is 1320. The molecule has 0 unspecified atom stereocenters. The summed E-state index contributed by atoms with van der Waals surface area (Å²) in [5, 5.41) is 5.21. The average Bonchev–Trinajstić information content (AvgIpc) is 3.22. The van der Waals surface area contributed by atoms with E-state index in [9.17, 15) is 18.0 Å². The summed E-state index contributed by atoms with van der Waals surface area (Å²) < 4.78 is 45.8. The van der Waals surface area contributed by atoms with E-state index in [2.05, 4.69) is 20.6 Å². The molecule has 0 bridgehead atoms. The van der Waals surface area contributed by atoms with Crippen LogP contribution < -0.4 is 15.4 Å². The zero-order valence-electron chi connectivity index (χ0n) is 18.2. The second-order valence-corrected chi connectivity index (χ2v) is 7.53. The van der Waals surface area contributed by atoms with Gasteiger partial charge in [-0.25, -0.2) is 9.78 Å². The molecule has 7 nitrogen and oxygen atoms in total. The highest BCUT2D eigenvalue weighted by Gasteiger charge is 2.30. The van der Waals surface area contributed by atoms with Crippen LogP contribution in [0.1, 0.15) is 11.1 Å². The Kier molecular flexibility index (Phi) is 6.22. The van der Waals surface area contributed by atoms with Crippen molar-refractivity contribution in [2.24, 2.45) is 7.05 Å². The molecule has 2 aromatic heterocycles. The lowest BCUT2D eigenvalue weighted by molar-refractivity contribution is -0.137. The first-order chi connectivity index (χ1) is 16.2. The number of amides is 2. The lowest BCUT2D eigenvalue weighted by Gasteiger charge is -2.13. The molecule has 0 aliphatic carbocycles. The standard InChI is InChI=1S/C24H20F3N5O2/c1-15-3-8-18(34-19-9-10-28-21(12-19)22-13-32(2)14-29-22)11-20(15)31-23(33)30-17-6-4-16(5-7-17)24(25,26)27/h3-14H,1-2H3,(H2,30,31,33). The smallest absolute Gasteiger partial charge is 0.416 e. The van der Waals surface area contributed by atoms with Gasteiger partial charge in [0.1, 0.15) is 17.2 Å². The zero-order chi connectivity index (χ0) is 24.3. The van der Waals surface area contributed by atoms with E-state index in [4.69, 9.17) is 4.74 Å². The summed E-state index contributed by atoms with van der Waals surface area (Å²) >= 11 is 0. The molecule has 4 rings (SSSR count). The molecule has 4 aromatic rings. The van der Waals surface area contributed by atoms with Crippen LogP contribution >= 0.6 is 0 Å². The first-order valence-electron chi connectivity index (χ1n) is 10.2. The number of aromatic nitrogens is 3. The number of pyridine rings is 1. The first-order valence-corrected chi connectivity index (χ1v) is 10.2. The van der Waals surface area contributed by atoms with E-state index in [0.29, 0.717) is 28.6 Å². The molecular formula is C24H20F3N5O2. The maximum atomic E-state index is 12.7. The summed E-state index contributed by atoms with van der Waals surface area (Å²) in [6, 6.07) is 12.3. The van der Waals surface area contributed by atoms with Crippen LogP contribution in [0.2, 0.25) is 0 Å². The van der Waals surface area contributed by atoms with E-state index in [1.807, 2.05) is 24.7 Å². The van der Waals surface area contributed by atoms with Crippen molar-refractivity contribution >= 4 is 17.4 Å². The highest BCUT2D eigenvalue weighted by molar-refractivity contribution is 6.00. The number of benzene rings is 2. The summed E-state index contributed by atoms with van der Waals surface area (Å²) in [5.74, 6) is 1.02. The number of alkyl halides is 3. The van der Waals surface area contributed by atoms with Crippen LogP contribution in [0, 0.1) is 6.92 Å². The second kappa shape index (κ2) is 9.26. The van der Waals surface area contributed by atoms with Gasteiger partial charge in [-0.3, -0.25) is 4.98 Å². The molecule has 0 atom stereocenters. The van der Waals surface area contributed by atoms with Gasteiger partial charge in [0, 0.05) is 42.9 Å². The topological polar surface area (TPSA) is 81.1 Å². The number of nitrogens with zero attached hydrogens (tertiary/aromatic N) is 3. The Balaban J connectivity index is 1.44. The Morgan fingerprint density at radius 3 is 2.35 bits per heavy atom. The number of anilines is 2. The van der Waals surface area contributed by atoms with Gasteiger partial charge in [0.05, 0.1) is 17.6 Å². The van der Waals surface area contributed by atoms with Gasteiger partial charge in [0.2, 0.25) is 0 Å². The molecule has 0 aliphatic rings. The van der Waals surface area contributed by atoms with Crippen molar-refractivity contribution < 1.29 is 22.7 Å². The predicted octanol–water partition coefficient (Wildman–Crippen LogP) is 6.25. The molecule has 174 valence electrons. The van der Waals surface area contributed by atoms with Crippen LogP contribution in [0.4, 0.5) is 29.3 Å². The number of rotatable bonds is 5. The van der Waals surface area contributed by atoms with Gasteiger partial charge < -0.3 is 19.9 Å². The molecule has 0 saturated heterocycles. The Morgan fingerprint density at radius 2 is 1.68 bits per heavy atom. The molecular weight excluding hydrogens is 447 g/mol. The monoisotopic (exact) mass is 467 g/mol. The molecule has 2 aromatic carbocycles. The van der Waals surface area contributed by atoms with E-state index in [-0.39, 0.29) is 5.69 Å². The molecule has 2 amide bonds. The number of imidazole rings is 1. The maximum Gasteiger partial charge on any atom is 0.416 e. The van der Waals surface area contributed by atoms with Crippen LogP contribution in [0.3, 0.4) is 0 Å². The Labute approximate surface area is 193 Å². The fourth-order valence-electron chi connectivity index (χ4n) is 3.12. The van der Waals surface area contributed by atoms with Crippen LogP contribution in [0.15, 0.2) is 73.3 Å². The summed E-state index contributed by atoms with van der Waals surface area (Å²) in [6.45, 7) is 1.81. The molecule has 2 heterocycles. The highest BCUT2D eigenvalue weighted by atomic mass is 19.4. The number of aryl methyl sites for hydroxylation is 2.